The molecule has 0 aliphatic carbocycles. The van der Waals surface area contributed by atoms with E-state index in [1.165, 1.54) is 0 Å². The van der Waals surface area contributed by atoms with Gasteiger partial charge in [0.2, 0.25) is 17.7 Å². The number of amides is 3. The third-order valence-corrected chi connectivity index (χ3v) is 10.3. The lowest BCUT2D eigenvalue weighted by Crippen LogP contribution is -2.56. The Morgan fingerprint density at radius 1 is 1.26 bits per heavy atom. The highest BCUT2D eigenvalue weighted by atomic mass is 32.2. The first-order chi connectivity index (χ1) is 16.7. The van der Waals surface area contributed by atoms with Gasteiger partial charge in [-0.25, -0.2) is 0 Å². The fourth-order valence-electron chi connectivity index (χ4n) is 6.30. The Labute approximate surface area is 212 Å². The van der Waals surface area contributed by atoms with E-state index in [-0.39, 0.29) is 35.5 Å². The van der Waals surface area contributed by atoms with Crippen LogP contribution >= 0.6 is 11.8 Å². The summed E-state index contributed by atoms with van der Waals surface area (Å²) in [5.41, 5.74) is 2.73. The first-order valence-electron chi connectivity index (χ1n) is 13.0. The minimum Gasteiger partial charge on any atom is -0.394 e. The van der Waals surface area contributed by atoms with Crippen LogP contribution in [0.2, 0.25) is 0 Å². The van der Waals surface area contributed by atoms with E-state index in [0.717, 1.165) is 42.5 Å². The molecule has 0 aromatic heterocycles. The summed E-state index contributed by atoms with van der Waals surface area (Å²) in [4.78, 5) is 43.0. The van der Waals surface area contributed by atoms with E-state index < -0.39 is 28.7 Å². The molecule has 3 saturated heterocycles. The van der Waals surface area contributed by atoms with Gasteiger partial charge in [0, 0.05) is 17.5 Å². The Morgan fingerprint density at radius 2 is 2.00 bits per heavy atom. The first kappa shape index (κ1) is 26.0. The summed E-state index contributed by atoms with van der Waals surface area (Å²) in [6, 6.07) is 4.72. The number of aliphatic hydroxyl groups excluding tert-OH is 1. The van der Waals surface area contributed by atoms with Gasteiger partial charge in [-0.05, 0) is 56.2 Å². The highest BCUT2D eigenvalue weighted by Gasteiger charge is 2.74. The predicted molar refractivity (Wildman–Crippen MR) is 139 cm³/mol. The number of hydrogen-bond acceptors (Lipinski definition) is 5. The van der Waals surface area contributed by atoms with Crippen molar-refractivity contribution in [2.24, 2.45) is 17.8 Å². The fraction of sp³-hybridized carbons (Fsp3) is 0.667. The second-order valence-electron chi connectivity index (χ2n) is 10.5. The number of carbonyl (C=O) groups excluding carboxylic acids is 3. The Balaban J connectivity index is 1.76. The molecule has 2 bridgehead atoms. The normalized spacial score (nSPS) is 30.8. The van der Waals surface area contributed by atoms with Crippen LogP contribution in [-0.4, -0.2) is 63.0 Å². The number of fused-ring (bicyclic) bond motifs is 1. The molecular weight excluding hydrogens is 462 g/mol. The highest BCUT2D eigenvalue weighted by Crippen LogP contribution is 2.66. The molecule has 3 aliphatic heterocycles. The summed E-state index contributed by atoms with van der Waals surface area (Å²) in [5.74, 6) is -1.43. The third kappa shape index (κ3) is 4.26. The van der Waals surface area contributed by atoms with Crippen molar-refractivity contribution in [3.63, 3.8) is 0 Å². The van der Waals surface area contributed by atoms with Crippen molar-refractivity contribution in [1.82, 2.24) is 10.2 Å². The van der Waals surface area contributed by atoms with Gasteiger partial charge in [0.05, 0.1) is 29.2 Å². The van der Waals surface area contributed by atoms with Crippen LogP contribution in [0.5, 0.6) is 0 Å². The van der Waals surface area contributed by atoms with Crippen LogP contribution in [0.3, 0.4) is 0 Å². The van der Waals surface area contributed by atoms with E-state index >= 15 is 0 Å². The van der Waals surface area contributed by atoms with E-state index in [1.807, 2.05) is 52.8 Å². The minimum absolute atomic E-state index is 0.0183. The number of carbonyl (C=O) groups is 3. The van der Waals surface area contributed by atoms with Gasteiger partial charge in [-0.1, -0.05) is 39.3 Å². The summed E-state index contributed by atoms with van der Waals surface area (Å²) < 4.78 is -0.654. The van der Waals surface area contributed by atoms with Crippen molar-refractivity contribution in [3.05, 3.63) is 29.3 Å². The van der Waals surface area contributed by atoms with Gasteiger partial charge in [0.1, 0.15) is 6.04 Å². The van der Waals surface area contributed by atoms with Gasteiger partial charge < -0.3 is 20.6 Å². The van der Waals surface area contributed by atoms with E-state index in [9.17, 15) is 19.5 Å². The van der Waals surface area contributed by atoms with Crippen molar-refractivity contribution in [1.29, 1.82) is 0 Å². The smallest absolute Gasteiger partial charge is 0.248 e. The van der Waals surface area contributed by atoms with Crippen LogP contribution in [0.25, 0.3) is 0 Å². The van der Waals surface area contributed by atoms with E-state index in [0.29, 0.717) is 6.54 Å². The Hall–Kier alpha value is -2.06. The molecule has 0 radical (unpaired) electrons. The number of hydrogen-bond donors (Lipinski definition) is 3. The van der Waals surface area contributed by atoms with E-state index in [1.54, 1.807) is 16.7 Å². The van der Waals surface area contributed by atoms with Crippen molar-refractivity contribution < 1.29 is 19.5 Å². The number of nitrogens with one attached hydrogen (secondary N) is 2. The van der Waals surface area contributed by atoms with Gasteiger partial charge in [0.25, 0.3) is 0 Å². The number of likely N-dealkylation sites (tertiary alicyclic amines) is 1. The van der Waals surface area contributed by atoms with E-state index in [2.05, 4.69) is 10.6 Å². The molecule has 7 nitrogen and oxygen atoms in total. The maximum absolute atomic E-state index is 14.1. The number of aliphatic hydroxyl groups is 1. The lowest BCUT2D eigenvalue weighted by Gasteiger charge is -2.39. The maximum Gasteiger partial charge on any atom is 0.248 e. The van der Waals surface area contributed by atoms with Crippen molar-refractivity contribution in [2.75, 3.05) is 18.5 Å². The molecule has 192 valence electrons. The van der Waals surface area contributed by atoms with Gasteiger partial charge in [-0.2, -0.15) is 0 Å². The molecule has 0 saturated carbocycles. The summed E-state index contributed by atoms with van der Waals surface area (Å²) in [6.45, 7) is 10.3. The molecule has 3 amide bonds. The van der Waals surface area contributed by atoms with Crippen molar-refractivity contribution in [3.8, 4) is 0 Å². The first-order valence-corrected chi connectivity index (χ1v) is 13.8. The molecule has 1 spiro atoms. The van der Waals surface area contributed by atoms with Gasteiger partial charge >= 0.3 is 0 Å². The average molecular weight is 502 g/mol. The zero-order valence-electron chi connectivity index (χ0n) is 21.5. The number of rotatable bonds is 9. The summed E-state index contributed by atoms with van der Waals surface area (Å²) in [7, 11) is 0. The Kier molecular flexibility index (Phi) is 7.53. The second-order valence-corrected chi connectivity index (χ2v) is 12.1. The van der Waals surface area contributed by atoms with Gasteiger partial charge in [-0.15, -0.1) is 11.8 Å². The number of aryl methyl sites for hydroxylation is 2. The number of nitrogens with zero attached hydrogens (tertiary/aromatic N) is 1. The average Bonchev–Trinajstić information content (AvgIpc) is 3.48. The molecule has 3 heterocycles. The van der Waals surface area contributed by atoms with Crippen LogP contribution in [0.1, 0.15) is 57.6 Å². The molecule has 8 heteroatoms. The Bertz CT molecular complexity index is 1000. The Morgan fingerprint density at radius 3 is 2.66 bits per heavy atom. The lowest BCUT2D eigenvalue weighted by atomic mass is 9.70. The maximum atomic E-state index is 14.1. The monoisotopic (exact) mass is 501 g/mol. The largest absolute Gasteiger partial charge is 0.394 e. The molecule has 3 fully saturated rings. The third-order valence-electron chi connectivity index (χ3n) is 8.33. The number of thioether (sulfide) groups is 1. The molecule has 35 heavy (non-hydrogen) atoms. The van der Waals surface area contributed by atoms with Gasteiger partial charge in [0.15, 0.2) is 0 Å². The van der Waals surface area contributed by atoms with Crippen LogP contribution in [0.15, 0.2) is 18.2 Å². The molecule has 4 rings (SSSR count). The molecule has 1 aromatic carbocycles. The minimum atomic E-state index is -0.731. The summed E-state index contributed by atoms with van der Waals surface area (Å²) >= 11 is 1.66. The zero-order chi connectivity index (χ0) is 25.5. The lowest BCUT2D eigenvalue weighted by molar-refractivity contribution is -0.143. The number of anilines is 1. The summed E-state index contributed by atoms with van der Waals surface area (Å²) in [5, 5.41) is 16.5. The molecule has 3 N–H and O–H groups in total. The molecule has 3 aliphatic rings. The van der Waals surface area contributed by atoms with Crippen LogP contribution in [0, 0.1) is 31.6 Å². The zero-order valence-corrected chi connectivity index (χ0v) is 22.3. The quantitative estimate of drug-likeness (QED) is 0.482. The van der Waals surface area contributed by atoms with Gasteiger partial charge in [-0.3, -0.25) is 14.4 Å². The van der Waals surface area contributed by atoms with Crippen LogP contribution < -0.4 is 10.6 Å². The molecule has 2 unspecified atom stereocenters. The van der Waals surface area contributed by atoms with E-state index in [4.69, 9.17) is 0 Å². The fourth-order valence-corrected chi connectivity index (χ4v) is 8.51. The highest BCUT2D eigenvalue weighted by molar-refractivity contribution is 8.02. The second kappa shape index (κ2) is 10.1. The SMILES string of the molecule is CCCNC(=O)[C@@H]1[C@H]2C(=O)N([C@@H](CO)[C@@H](C)CC)C(C(=O)Nc3cc(C)ccc3C)C23CC[C@H]1S3. The molecule has 1 aromatic rings. The predicted octanol–water partition coefficient (Wildman–Crippen LogP) is 3.27. The topological polar surface area (TPSA) is 98.7 Å². The van der Waals surface area contributed by atoms with Crippen LogP contribution in [0.4, 0.5) is 5.69 Å². The molecule has 7 atom stereocenters. The van der Waals surface area contributed by atoms with Crippen LogP contribution in [-0.2, 0) is 14.4 Å². The van der Waals surface area contributed by atoms with Crippen molar-refractivity contribution in [2.45, 2.75) is 82.4 Å². The number of benzene rings is 1. The van der Waals surface area contributed by atoms with Crippen molar-refractivity contribution >= 4 is 35.2 Å². The standard InChI is InChI=1S/C27H39N3O4S/c1-6-12-28-24(32)21-20-10-11-27(35-20)22(21)26(34)30(19(14-31)16(4)7-2)23(27)25(33)29-18-13-15(3)8-9-17(18)5/h8-9,13,16,19-23,31H,6-7,10-12,14H2,1-5H3,(H,28,32)(H,29,33)/t16-,19-,20+,21-,22-,23?,27?/m0/s1. The summed E-state index contributed by atoms with van der Waals surface area (Å²) in [6.07, 6.45) is 3.13. The molecular formula is C27H39N3O4S.